The van der Waals surface area contributed by atoms with Gasteiger partial charge >= 0.3 is 0 Å². The molecule has 0 atom stereocenters. The molecule has 0 spiro atoms. The predicted molar refractivity (Wildman–Crippen MR) is 132 cm³/mol. The van der Waals surface area contributed by atoms with Crippen molar-refractivity contribution in [3.05, 3.63) is 65.2 Å². The molecule has 4 rings (SSSR count). The van der Waals surface area contributed by atoms with E-state index in [4.69, 9.17) is 14.5 Å². The highest BCUT2D eigenvalue weighted by Gasteiger charge is 2.22. The molecule has 174 valence electrons. The summed E-state index contributed by atoms with van der Waals surface area (Å²) in [7, 11) is 1.69. The van der Waals surface area contributed by atoms with E-state index in [-0.39, 0.29) is 5.91 Å². The van der Waals surface area contributed by atoms with Gasteiger partial charge in [0.05, 0.1) is 31.4 Å². The lowest BCUT2D eigenvalue weighted by molar-refractivity contribution is -0.132. The zero-order valence-corrected chi connectivity index (χ0v) is 20.1. The molecule has 6 nitrogen and oxygen atoms in total. The molecule has 0 unspecified atom stereocenters. The largest absolute Gasteiger partial charge is 0.497 e. The van der Waals surface area contributed by atoms with Gasteiger partial charge in [-0.1, -0.05) is 24.3 Å². The average Bonchev–Trinajstić information content (AvgIpc) is 3.32. The van der Waals surface area contributed by atoms with Gasteiger partial charge in [0.1, 0.15) is 16.5 Å². The molecule has 1 fully saturated rings. The van der Waals surface area contributed by atoms with Crippen molar-refractivity contribution in [1.82, 2.24) is 14.8 Å². The van der Waals surface area contributed by atoms with Gasteiger partial charge in [0.25, 0.3) is 0 Å². The average molecular weight is 466 g/mol. The number of carbonyl (C=O) groups excluding carboxylic acids is 1. The molecular formula is C26H31N3O3S. The molecular weight excluding hydrogens is 434 g/mol. The van der Waals surface area contributed by atoms with Crippen molar-refractivity contribution in [3.8, 4) is 22.1 Å². The van der Waals surface area contributed by atoms with Crippen molar-refractivity contribution in [2.24, 2.45) is 0 Å². The van der Waals surface area contributed by atoms with Gasteiger partial charge in [0, 0.05) is 38.1 Å². The van der Waals surface area contributed by atoms with E-state index in [2.05, 4.69) is 17.0 Å². The standard InChI is InChI=1S/C26H31N3O3S/c1-3-32-24-7-5-4-6-23(24)26-27-21(19-33-26)18-25(30)29-16-14-28(15-17-29)13-12-20-8-10-22(31-2)11-9-20/h4-11,19H,3,12-18H2,1-2H3. The van der Waals surface area contributed by atoms with E-state index in [0.717, 1.165) is 66.9 Å². The fourth-order valence-corrected chi connectivity index (χ4v) is 4.85. The Balaban J connectivity index is 1.26. The Morgan fingerprint density at radius 2 is 1.82 bits per heavy atom. The van der Waals surface area contributed by atoms with E-state index in [9.17, 15) is 4.79 Å². The summed E-state index contributed by atoms with van der Waals surface area (Å²) in [5, 5.41) is 2.88. The maximum atomic E-state index is 12.9. The summed E-state index contributed by atoms with van der Waals surface area (Å²) < 4.78 is 10.9. The van der Waals surface area contributed by atoms with Gasteiger partial charge in [0.15, 0.2) is 0 Å². The molecule has 2 aromatic carbocycles. The van der Waals surface area contributed by atoms with Crippen LogP contribution in [0, 0.1) is 0 Å². The quantitative estimate of drug-likeness (QED) is 0.475. The summed E-state index contributed by atoms with van der Waals surface area (Å²) in [6, 6.07) is 16.2. The highest BCUT2D eigenvalue weighted by Crippen LogP contribution is 2.32. The van der Waals surface area contributed by atoms with Crippen LogP contribution in [0.5, 0.6) is 11.5 Å². The van der Waals surface area contributed by atoms with E-state index < -0.39 is 0 Å². The maximum Gasteiger partial charge on any atom is 0.228 e. The number of aromatic nitrogens is 1. The number of hydrogen-bond donors (Lipinski definition) is 0. The summed E-state index contributed by atoms with van der Waals surface area (Å²) in [5.41, 5.74) is 3.11. The van der Waals surface area contributed by atoms with Crippen molar-refractivity contribution in [3.63, 3.8) is 0 Å². The third kappa shape index (κ3) is 6.12. The lowest BCUT2D eigenvalue weighted by Crippen LogP contribution is -2.49. The molecule has 2 heterocycles. The number of rotatable bonds is 9. The smallest absolute Gasteiger partial charge is 0.228 e. The van der Waals surface area contributed by atoms with Crippen LogP contribution in [0.4, 0.5) is 0 Å². The van der Waals surface area contributed by atoms with Gasteiger partial charge in [-0.15, -0.1) is 11.3 Å². The number of ether oxygens (including phenoxy) is 2. The van der Waals surface area contributed by atoms with Gasteiger partial charge in [-0.05, 0) is 43.2 Å². The molecule has 1 amide bonds. The first-order valence-corrected chi connectivity index (χ1v) is 12.3. The molecule has 1 aliphatic rings. The lowest BCUT2D eigenvalue weighted by atomic mass is 10.1. The normalized spacial score (nSPS) is 14.3. The van der Waals surface area contributed by atoms with Crippen molar-refractivity contribution in [1.29, 1.82) is 0 Å². The second-order valence-corrected chi connectivity index (χ2v) is 8.93. The minimum Gasteiger partial charge on any atom is -0.497 e. The van der Waals surface area contributed by atoms with Crippen LogP contribution >= 0.6 is 11.3 Å². The van der Waals surface area contributed by atoms with Gasteiger partial charge < -0.3 is 14.4 Å². The number of benzene rings is 2. The molecule has 33 heavy (non-hydrogen) atoms. The zero-order chi connectivity index (χ0) is 23.0. The fourth-order valence-electron chi connectivity index (χ4n) is 4.00. The Labute approximate surface area is 199 Å². The van der Waals surface area contributed by atoms with Gasteiger partial charge in [0.2, 0.25) is 5.91 Å². The second-order valence-electron chi connectivity index (χ2n) is 8.07. The Kier molecular flexibility index (Phi) is 7.96. The second kappa shape index (κ2) is 11.3. The SMILES string of the molecule is CCOc1ccccc1-c1nc(CC(=O)N2CCN(CCc3ccc(OC)cc3)CC2)cs1. The number of nitrogens with zero attached hydrogens (tertiary/aromatic N) is 3. The number of thiazole rings is 1. The number of piperazine rings is 1. The van der Waals surface area contributed by atoms with E-state index in [1.807, 2.05) is 53.6 Å². The number of amides is 1. The minimum atomic E-state index is 0.153. The monoisotopic (exact) mass is 465 g/mol. The topological polar surface area (TPSA) is 54.9 Å². The van der Waals surface area contributed by atoms with Crippen molar-refractivity contribution >= 4 is 17.2 Å². The minimum absolute atomic E-state index is 0.153. The van der Waals surface area contributed by atoms with Crippen molar-refractivity contribution in [2.75, 3.05) is 46.4 Å². The Morgan fingerprint density at radius 1 is 1.06 bits per heavy atom. The van der Waals surface area contributed by atoms with Crippen LogP contribution in [0.15, 0.2) is 53.9 Å². The van der Waals surface area contributed by atoms with Crippen LogP contribution in [-0.4, -0.2) is 67.1 Å². The maximum absolute atomic E-state index is 12.9. The molecule has 1 saturated heterocycles. The Morgan fingerprint density at radius 3 is 2.55 bits per heavy atom. The summed E-state index contributed by atoms with van der Waals surface area (Å²) in [6.45, 7) is 6.94. The highest BCUT2D eigenvalue weighted by molar-refractivity contribution is 7.13. The molecule has 0 radical (unpaired) electrons. The number of para-hydroxylation sites is 1. The van der Waals surface area contributed by atoms with Crippen molar-refractivity contribution in [2.45, 2.75) is 19.8 Å². The van der Waals surface area contributed by atoms with Gasteiger partial charge in [-0.3, -0.25) is 9.69 Å². The predicted octanol–water partition coefficient (Wildman–Crippen LogP) is 4.15. The number of hydrogen-bond acceptors (Lipinski definition) is 6. The van der Waals surface area contributed by atoms with Crippen LogP contribution in [0.2, 0.25) is 0 Å². The number of methoxy groups -OCH3 is 1. The van der Waals surface area contributed by atoms with E-state index in [0.29, 0.717) is 13.0 Å². The summed E-state index contributed by atoms with van der Waals surface area (Å²) >= 11 is 1.56. The third-order valence-corrected chi connectivity index (χ3v) is 6.83. The third-order valence-electron chi connectivity index (χ3n) is 5.90. The lowest BCUT2D eigenvalue weighted by Gasteiger charge is -2.34. The van der Waals surface area contributed by atoms with Crippen LogP contribution in [0.25, 0.3) is 10.6 Å². The summed E-state index contributed by atoms with van der Waals surface area (Å²) in [4.78, 5) is 22.0. The summed E-state index contributed by atoms with van der Waals surface area (Å²) in [6.07, 6.45) is 1.35. The first-order valence-electron chi connectivity index (χ1n) is 11.5. The highest BCUT2D eigenvalue weighted by atomic mass is 32.1. The fraction of sp³-hybridized carbons (Fsp3) is 0.385. The van der Waals surface area contributed by atoms with Crippen LogP contribution in [0.1, 0.15) is 18.2 Å². The molecule has 1 aromatic heterocycles. The zero-order valence-electron chi connectivity index (χ0n) is 19.3. The molecule has 0 N–H and O–H groups in total. The first kappa shape index (κ1) is 23.3. The van der Waals surface area contributed by atoms with Crippen molar-refractivity contribution < 1.29 is 14.3 Å². The molecule has 0 aliphatic carbocycles. The Hall–Kier alpha value is -2.90. The Bertz CT molecular complexity index is 1040. The van der Waals surface area contributed by atoms with Crippen LogP contribution in [-0.2, 0) is 17.6 Å². The van der Waals surface area contributed by atoms with Gasteiger partial charge in [-0.2, -0.15) is 0 Å². The molecule has 0 bridgehead atoms. The van der Waals surface area contributed by atoms with Crippen LogP contribution in [0.3, 0.4) is 0 Å². The molecule has 1 aliphatic heterocycles. The molecule has 0 saturated carbocycles. The van der Waals surface area contributed by atoms with E-state index in [1.54, 1.807) is 18.4 Å². The van der Waals surface area contributed by atoms with E-state index >= 15 is 0 Å². The molecule has 7 heteroatoms. The number of carbonyl (C=O) groups is 1. The van der Waals surface area contributed by atoms with Gasteiger partial charge in [-0.25, -0.2) is 4.98 Å². The van der Waals surface area contributed by atoms with E-state index in [1.165, 1.54) is 5.56 Å². The van der Waals surface area contributed by atoms with Crippen LogP contribution < -0.4 is 9.47 Å². The molecule has 3 aromatic rings. The first-order chi connectivity index (χ1) is 16.2. The summed E-state index contributed by atoms with van der Waals surface area (Å²) in [5.74, 6) is 1.87.